The minimum Gasteiger partial charge on any atom is -0.451 e. The van der Waals surface area contributed by atoms with Gasteiger partial charge in [-0.1, -0.05) is 18.2 Å². The van der Waals surface area contributed by atoms with Crippen molar-refractivity contribution in [2.24, 2.45) is 11.7 Å². The van der Waals surface area contributed by atoms with E-state index in [1.807, 2.05) is 43.0 Å². The standard InChI is InChI=1S/C19H26N2O3/c1-12(2)23-11-16-15-6-4-5-7-17(15)24-18(16)19(22)21-10-14(9-20)8-13(21)3/h4-7,12-14H,8-11,20H2,1-3H3. The fourth-order valence-electron chi connectivity index (χ4n) is 3.39. The van der Waals surface area contributed by atoms with E-state index in [1.165, 1.54) is 0 Å². The second kappa shape index (κ2) is 6.95. The fourth-order valence-corrected chi connectivity index (χ4v) is 3.39. The third-order valence-corrected chi connectivity index (χ3v) is 4.71. The van der Waals surface area contributed by atoms with Gasteiger partial charge < -0.3 is 19.8 Å². The van der Waals surface area contributed by atoms with Gasteiger partial charge in [-0.2, -0.15) is 0 Å². The number of benzene rings is 1. The number of fused-ring (bicyclic) bond motifs is 1. The van der Waals surface area contributed by atoms with Gasteiger partial charge in [-0.3, -0.25) is 4.79 Å². The lowest BCUT2D eigenvalue weighted by Crippen LogP contribution is -2.34. The SMILES string of the molecule is CC(C)OCc1c(C(=O)N2CC(CN)CC2C)oc2ccccc12. The summed E-state index contributed by atoms with van der Waals surface area (Å²) in [5, 5.41) is 0.948. The molecule has 1 aliphatic heterocycles. The zero-order chi connectivity index (χ0) is 17.3. The van der Waals surface area contributed by atoms with Crippen molar-refractivity contribution in [1.82, 2.24) is 4.90 Å². The van der Waals surface area contributed by atoms with Crippen molar-refractivity contribution < 1.29 is 13.9 Å². The van der Waals surface area contributed by atoms with Gasteiger partial charge in [0.2, 0.25) is 0 Å². The minimum atomic E-state index is -0.0583. The van der Waals surface area contributed by atoms with E-state index in [-0.39, 0.29) is 18.1 Å². The van der Waals surface area contributed by atoms with Crippen molar-refractivity contribution >= 4 is 16.9 Å². The van der Waals surface area contributed by atoms with Gasteiger partial charge in [-0.05, 0) is 45.7 Å². The highest BCUT2D eigenvalue weighted by molar-refractivity contribution is 5.99. The molecule has 3 rings (SSSR count). The van der Waals surface area contributed by atoms with E-state index in [2.05, 4.69) is 6.92 Å². The van der Waals surface area contributed by atoms with Crippen LogP contribution in [0.2, 0.25) is 0 Å². The maximum absolute atomic E-state index is 13.1. The number of carbonyl (C=O) groups excluding carboxylic acids is 1. The molecular weight excluding hydrogens is 304 g/mol. The maximum atomic E-state index is 13.1. The maximum Gasteiger partial charge on any atom is 0.290 e. The normalized spacial score (nSPS) is 21.1. The summed E-state index contributed by atoms with van der Waals surface area (Å²) in [6.45, 7) is 7.71. The lowest BCUT2D eigenvalue weighted by Gasteiger charge is -2.21. The fraction of sp³-hybridized carbons (Fsp3) is 0.526. The molecule has 1 fully saturated rings. The van der Waals surface area contributed by atoms with Crippen LogP contribution in [0.25, 0.3) is 11.0 Å². The highest BCUT2D eigenvalue weighted by Gasteiger charge is 2.35. The van der Waals surface area contributed by atoms with E-state index in [1.54, 1.807) is 0 Å². The predicted molar refractivity (Wildman–Crippen MR) is 93.8 cm³/mol. The number of para-hydroxylation sites is 1. The van der Waals surface area contributed by atoms with Crippen LogP contribution >= 0.6 is 0 Å². The first kappa shape index (κ1) is 17.0. The molecule has 1 amide bonds. The average molecular weight is 330 g/mol. The number of hydrogen-bond acceptors (Lipinski definition) is 4. The molecule has 24 heavy (non-hydrogen) atoms. The van der Waals surface area contributed by atoms with Crippen LogP contribution in [0, 0.1) is 5.92 Å². The van der Waals surface area contributed by atoms with Crippen LogP contribution < -0.4 is 5.73 Å². The third-order valence-electron chi connectivity index (χ3n) is 4.71. The van der Waals surface area contributed by atoms with Crippen LogP contribution in [0.1, 0.15) is 43.3 Å². The van der Waals surface area contributed by atoms with Crippen molar-refractivity contribution in [1.29, 1.82) is 0 Å². The number of nitrogens with two attached hydrogens (primary N) is 1. The van der Waals surface area contributed by atoms with Crippen molar-refractivity contribution in [2.45, 2.75) is 45.9 Å². The highest BCUT2D eigenvalue weighted by atomic mass is 16.5. The predicted octanol–water partition coefficient (Wildman–Crippen LogP) is 3.17. The quantitative estimate of drug-likeness (QED) is 0.914. The van der Waals surface area contributed by atoms with E-state index >= 15 is 0 Å². The van der Waals surface area contributed by atoms with Crippen molar-refractivity contribution in [3.8, 4) is 0 Å². The first-order valence-electron chi connectivity index (χ1n) is 8.64. The number of carbonyl (C=O) groups is 1. The Bertz CT molecular complexity index is 722. The van der Waals surface area contributed by atoms with Crippen LogP contribution in [0.5, 0.6) is 0 Å². The molecule has 5 nitrogen and oxygen atoms in total. The first-order chi connectivity index (χ1) is 11.5. The summed E-state index contributed by atoms with van der Waals surface area (Å²) in [6, 6.07) is 7.91. The van der Waals surface area contributed by atoms with Gasteiger partial charge in [0.15, 0.2) is 5.76 Å². The summed E-state index contributed by atoms with van der Waals surface area (Å²) in [5.74, 6) is 0.710. The zero-order valence-electron chi connectivity index (χ0n) is 14.6. The smallest absolute Gasteiger partial charge is 0.290 e. The molecule has 2 atom stereocenters. The first-order valence-corrected chi connectivity index (χ1v) is 8.64. The Morgan fingerprint density at radius 1 is 1.42 bits per heavy atom. The van der Waals surface area contributed by atoms with Crippen LogP contribution in [0.3, 0.4) is 0 Å². The Labute approximate surface area is 142 Å². The zero-order valence-corrected chi connectivity index (χ0v) is 14.6. The van der Waals surface area contributed by atoms with Crippen molar-refractivity contribution in [3.63, 3.8) is 0 Å². The second-order valence-electron chi connectivity index (χ2n) is 6.91. The van der Waals surface area contributed by atoms with E-state index in [0.29, 0.717) is 31.4 Å². The molecule has 2 N–H and O–H groups in total. The molecule has 2 heterocycles. The molecule has 1 aliphatic rings. The summed E-state index contributed by atoms with van der Waals surface area (Å²) in [6.07, 6.45) is 1.04. The number of amides is 1. The Hall–Kier alpha value is -1.85. The summed E-state index contributed by atoms with van der Waals surface area (Å²) in [4.78, 5) is 15.0. The summed E-state index contributed by atoms with van der Waals surface area (Å²) in [5.41, 5.74) is 7.36. The molecule has 5 heteroatoms. The average Bonchev–Trinajstić information content (AvgIpc) is 3.12. The molecule has 1 saturated heterocycles. The van der Waals surface area contributed by atoms with E-state index in [9.17, 15) is 4.79 Å². The second-order valence-corrected chi connectivity index (χ2v) is 6.91. The lowest BCUT2D eigenvalue weighted by atomic mass is 10.1. The van der Waals surface area contributed by atoms with Crippen molar-refractivity contribution in [3.05, 3.63) is 35.6 Å². The Morgan fingerprint density at radius 3 is 2.83 bits per heavy atom. The number of nitrogens with zero attached hydrogens (tertiary/aromatic N) is 1. The van der Waals surface area contributed by atoms with Gasteiger partial charge >= 0.3 is 0 Å². The van der Waals surface area contributed by atoms with Crippen LogP contribution in [-0.2, 0) is 11.3 Å². The Balaban J connectivity index is 1.95. The van der Waals surface area contributed by atoms with Gasteiger partial charge in [0, 0.05) is 23.5 Å². The van der Waals surface area contributed by atoms with Gasteiger partial charge in [0.1, 0.15) is 5.58 Å². The number of likely N-dealkylation sites (tertiary alicyclic amines) is 1. The van der Waals surface area contributed by atoms with E-state index in [0.717, 1.165) is 23.0 Å². The monoisotopic (exact) mass is 330 g/mol. The largest absolute Gasteiger partial charge is 0.451 e. The molecule has 130 valence electrons. The molecule has 0 aliphatic carbocycles. The number of ether oxygens (including phenoxy) is 1. The number of hydrogen-bond donors (Lipinski definition) is 1. The van der Waals surface area contributed by atoms with E-state index < -0.39 is 0 Å². The van der Waals surface area contributed by atoms with Crippen LogP contribution in [0.15, 0.2) is 28.7 Å². The topological polar surface area (TPSA) is 68.7 Å². The lowest BCUT2D eigenvalue weighted by molar-refractivity contribution is 0.0607. The van der Waals surface area contributed by atoms with Crippen LogP contribution in [0.4, 0.5) is 0 Å². The van der Waals surface area contributed by atoms with Gasteiger partial charge in [0.25, 0.3) is 5.91 Å². The molecule has 1 aromatic heterocycles. The molecule has 0 radical (unpaired) electrons. The Morgan fingerprint density at radius 2 is 2.17 bits per heavy atom. The minimum absolute atomic E-state index is 0.0583. The summed E-state index contributed by atoms with van der Waals surface area (Å²) in [7, 11) is 0. The number of rotatable bonds is 5. The molecule has 1 aromatic carbocycles. The molecular formula is C19H26N2O3. The Kier molecular flexibility index (Phi) is 4.92. The number of furan rings is 1. The molecule has 0 bridgehead atoms. The van der Waals surface area contributed by atoms with Crippen LogP contribution in [-0.4, -0.2) is 36.0 Å². The highest BCUT2D eigenvalue weighted by Crippen LogP contribution is 2.31. The molecule has 2 aromatic rings. The van der Waals surface area contributed by atoms with Gasteiger partial charge in [-0.15, -0.1) is 0 Å². The van der Waals surface area contributed by atoms with Gasteiger partial charge in [0.05, 0.1) is 12.7 Å². The third kappa shape index (κ3) is 3.19. The summed E-state index contributed by atoms with van der Waals surface area (Å²) >= 11 is 0. The van der Waals surface area contributed by atoms with Gasteiger partial charge in [-0.25, -0.2) is 0 Å². The van der Waals surface area contributed by atoms with E-state index in [4.69, 9.17) is 14.9 Å². The van der Waals surface area contributed by atoms with Crippen molar-refractivity contribution in [2.75, 3.05) is 13.1 Å². The molecule has 2 unspecified atom stereocenters. The molecule has 0 spiro atoms. The summed E-state index contributed by atoms with van der Waals surface area (Å²) < 4.78 is 11.7. The molecule has 0 saturated carbocycles.